The molecule has 0 fully saturated rings. The average Bonchev–Trinajstić information content (AvgIpc) is 2.12. The van der Waals surface area contributed by atoms with Gasteiger partial charge in [-0.05, 0) is 6.07 Å². The summed E-state index contributed by atoms with van der Waals surface area (Å²) in [6, 6.07) is 1.64. The summed E-state index contributed by atoms with van der Waals surface area (Å²) in [5.41, 5.74) is 6.21. The van der Waals surface area contributed by atoms with Gasteiger partial charge in [0.2, 0.25) is 5.43 Å². The number of nitrogens with one attached hydrogen (secondary N) is 1. The molecule has 0 aliphatic carbocycles. The smallest absolute Gasteiger partial charge is 0.212 e. The van der Waals surface area contributed by atoms with Crippen molar-refractivity contribution >= 4 is 16.6 Å². The zero-order valence-electron chi connectivity index (χ0n) is 6.24. The summed E-state index contributed by atoms with van der Waals surface area (Å²) in [6.45, 7) is 0. The van der Waals surface area contributed by atoms with Gasteiger partial charge in [-0.25, -0.2) is 0 Å². The maximum atomic E-state index is 11.4. The molecule has 0 saturated carbocycles. The Morgan fingerprint density at radius 1 is 1.50 bits per heavy atom. The van der Waals surface area contributed by atoms with Crippen molar-refractivity contribution < 1.29 is 0 Å². The monoisotopic (exact) mass is 161 g/mol. The molecule has 0 unspecified atom stereocenters. The van der Waals surface area contributed by atoms with E-state index in [4.69, 9.17) is 5.73 Å². The van der Waals surface area contributed by atoms with Gasteiger partial charge in [0.25, 0.3) is 0 Å². The van der Waals surface area contributed by atoms with Gasteiger partial charge in [0, 0.05) is 12.4 Å². The molecule has 0 aromatic carbocycles. The second-order valence-electron chi connectivity index (χ2n) is 2.49. The number of H-pyrrole nitrogens is 1. The van der Waals surface area contributed by atoms with Crippen LogP contribution >= 0.6 is 0 Å². The van der Waals surface area contributed by atoms with E-state index in [0.29, 0.717) is 10.9 Å². The first-order valence-electron chi connectivity index (χ1n) is 3.50. The number of aromatic amines is 1. The highest BCUT2D eigenvalue weighted by Crippen LogP contribution is 2.04. The standard InChI is InChI=1S/C8H7N3O/c9-6-3-11-7-4-10-2-1-5(7)8(6)12/h1-4H,9H2,(H,11,12). The van der Waals surface area contributed by atoms with E-state index in [1.165, 1.54) is 6.20 Å². The number of hydrogen-bond donors (Lipinski definition) is 2. The van der Waals surface area contributed by atoms with Crippen LogP contribution in [0.1, 0.15) is 0 Å². The first-order chi connectivity index (χ1) is 5.79. The lowest BCUT2D eigenvalue weighted by molar-refractivity contribution is 1.30. The molecular weight excluding hydrogens is 154 g/mol. The van der Waals surface area contributed by atoms with Gasteiger partial charge >= 0.3 is 0 Å². The number of fused-ring (bicyclic) bond motifs is 1. The van der Waals surface area contributed by atoms with Crippen molar-refractivity contribution in [3.8, 4) is 0 Å². The van der Waals surface area contributed by atoms with Crippen molar-refractivity contribution in [2.45, 2.75) is 0 Å². The Hall–Kier alpha value is -1.84. The van der Waals surface area contributed by atoms with Gasteiger partial charge in [-0.2, -0.15) is 0 Å². The van der Waals surface area contributed by atoms with Crippen LogP contribution in [0.15, 0.2) is 29.5 Å². The number of pyridine rings is 2. The van der Waals surface area contributed by atoms with E-state index in [-0.39, 0.29) is 11.1 Å². The molecule has 4 nitrogen and oxygen atoms in total. The third-order valence-corrected chi connectivity index (χ3v) is 1.71. The molecule has 0 atom stereocenters. The van der Waals surface area contributed by atoms with Crippen LogP contribution in [0.4, 0.5) is 5.69 Å². The van der Waals surface area contributed by atoms with Crippen LogP contribution in [-0.4, -0.2) is 9.97 Å². The maximum Gasteiger partial charge on any atom is 0.212 e. The molecule has 2 aromatic rings. The quantitative estimate of drug-likeness (QED) is 0.591. The minimum absolute atomic E-state index is 0.147. The molecule has 0 aliphatic heterocycles. The van der Waals surface area contributed by atoms with Gasteiger partial charge in [0.05, 0.1) is 22.8 Å². The molecule has 2 aromatic heterocycles. The molecule has 2 heterocycles. The molecule has 0 saturated heterocycles. The van der Waals surface area contributed by atoms with E-state index in [1.807, 2.05) is 0 Å². The average molecular weight is 161 g/mol. The highest BCUT2D eigenvalue weighted by atomic mass is 16.1. The van der Waals surface area contributed by atoms with Gasteiger partial charge in [0.15, 0.2) is 0 Å². The first kappa shape index (κ1) is 6.84. The fraction of sp³-hybridized carbons (Fsp3) is 0. The maximum absolute atomic E-state index is 11.4. The van der Waals surface area contributed by atoms with Crippen molar-refractivity contribution in [1.82, 2.24) is 9.97 Å². The Kier molecular flexibility index (Phi) is 1.33. The molecule has 0 bridgehead atoms. The number of hydrogen-bond acceptors (Lipinski definition) is 3. The molecule has 0 spiro atoms. The number of nitrogens with zero attached hydrogens (tertiary/aromatic N) is 1. The lowest BCUT2D eigenvalue weighted by Crippen LogP contribution is -2.08. The van der Waals surface area contributed by atoms with Crippen LogP contribution < -0.4 is 11.2 Å². The Labute approximate surface area is 68.1 Å². The van der Waals surface area contributed by atoms with E-state index < -0.39 is 0 Å². The van der Waals surface area contributed by atoms with E-state index in [1.54, 1.807) is 18.5 Å². The first-order valence-corrected chi connectivity index (χ1v) is 3.50. The number of aromatic nitrogens is 2. The SMILES string of the molecule is Nc1c[nH]c2cnccc2c1=O. The van der Waals surface area contributed by atoms with Crippen molar-refractivity contribution in [3.05, 3.63) is 34.9 Å². The van der Waals surface area contributed by atoms with Crippen LogP contribution in [0.5, 0.6) is 0 Å². The largest absolute Gasteiger partial charge is 0.394 e. The molecule has 3 N–H and O–H groups in total. The molecule has 0 aliphatic rings. The minimum Gasteiger partial charge on any atom is -0.394 e. The van der Waals surface area contributed by atoms with E-state index in [0.717, 1.165) is 0 Å². The fourth-order valence-electron chi connectivity index (χ4n) is 1.08. The lowest BCUT2D eigenvalue weighted by Gasteiger charge is -1.96. The Morgan fingerprint density at radius 3 is 3.17 bits per heavy atom. The lowest BCUT2D eigenvalue weighted by atomic mass is 10.2. The van der Waals surface area contributed by atoms with Gasteiger partial charge in [0.1, 0.15) is 0 Å². The van der Waals surface area contributed by atoms with Gasteiger partial charge in [-0.1, -0.05) is 0 Å². The molecule has 0 radical (unpaired) electrons. The van der Waals surface area contributed by atoms with Crippen LogP contribution in [0.25, 0.3) is 10.9 Å². The van der Waals surface area contributed by atoms with Crippen molar-refractivity contribution in [1.29, 1.82) is 0 Å². The summed E-state index contributed by atoms with van der Waals surface area (Å²) >= 11 is 0. The Balaban J connectivity index is 3.01. The number of nitrogens with two attached hydrogens (primary N) is 1. The Bertz CT molecular complexity index is 475. The fourth-order valence-corrected chi connectivity index (χ4v) is 1.08. The van der Waals surface area contributed by atoms with E-state index in [9.17, 15) is 4.79 Å². The highest BCUT2D eigenvalue weighted by molar-refractivity contribution is 5.79. The number of anilines is 1. The summed E-state index contributed by atoms with van der Waals surface area (Å²) in [4.78, 5) is 18.1. The second-order valence-corrected chi connectivity index (χ2v) is 2.49. The molecule has 2 rings (SSSR count). The third-order valence-electron chi connectivity index (χ3n) is 1.71. The highest BCUT2D eigenvalue weighted by Gasteiger charge is 1.99. The van der Waals surface area contributed by atoms with Crippen LogP contribution in [0, 0.1) is 0 Å². The predicted molar refractivity (Wildman–Crippen MR) is 46.8 cm³/mol. The van der Waals surface area contributed by atoms with Crippen LogP contribution in [0.3, 0.4) is 0 Å². The zero-order chi connectivity index (χ0) is 8.55. The predicted octanol–water partition coefficient (Wildman–Crippen LogP) is 0.505. The van der Waals surface area contributed by atoms with Gasteiger partial charge in [-0.3, -0.25) is 9.78 Å². The molecule has 4 heteroatoms. The summed E-state index contributed by atoms with van der Waals surface area (Å²) in [6.07, 6.45) is 4.64. The summed E-state index contributed by atoms with van der Waals surface area (Å²) in [5, 5.41) is 0.574. The normalized spacial score (nSPS) is 10.3. The van der Waals surface area contributed by atoms with Crippen molar-refractivity contribution in [2.75, 3.05) is 5.73 Å². The van der Waals surface area contributed by atoms with Gasteiger partial charge < -0.3 is 10.7 Å². The van der Waals surface area contributed by atoms with Crippen LogP contribution in [-0.2, 0) is 0 Å². The van der Waals surface area contributed by atoms with Crippen LogP contribution in [0.2, 0.25) is 0 Å². The zero-order valence-corrected chi connectivity index (χ0v) is 6.24. The minimum atomic E-state index is -0.147. The summed E-state index contributed by atoms with van der Waals surface area (Å²) in [7, 11) is 0. The molecule has 60 valence electrons. The Morgan fingerprint density at radius 2 is 2.33 bits per heavy atom. The summed E-state index contributed by atoms with van der Waals surface area (Å²) < 4.78 is 0. The van der Waals surface area contributed by atoms with E-state index >= 15 is 0 Å². The second kappa shape index (κ2) is 2.34. The van der Waals surface area contributed by atoms with Gasteiger partial charge in [-0.15, -0.1) is 0 Å². The number of nitrogen functional groups attached to an aromatic ring is 1. The van der Waals surface area contributed by atoms with Crippen molar-refractivity contribution in [3.63, 3.8) is 0 Å². The number of rotatable bonds is 0. The van der Waals surface area contributed by atoms with E-state index in [2.05, 4.69) is 9.97 Å². The third kappa shape index (κ3) is 0.852. The molecular formula is C8H7N3O. The van der Waals surface area contributed by atoms with Crippen molar-refractivity contribution in [2.24, 2.45) is 0 Å². The topological polar surface area (TPSA) is 71.8 Å². The molecule has 12 heavy (non-hydrogen) atoms. The summed E-state index contributed by atoms with van der Waals surface area (Å²) in [5.74, 6) is 0. The molecule has 0 amide bonds.